The first-order chi connectivity index (χ1) is 19.3. The second-order valence-corrected chi connectivity index (χ2v) is 15.5. The van der Waals surface area contributed by atoms with Gasteiger partial charge in [0.15, 0.2) is 0 Å². The molecular weight excluding hydrogens is 558 g/mol. The van der Waals surface area contributed by atoms with Gasteiger partial charge in [-0.15, -0.1) is 11.3 Å². The van der Waals surface area contributed by atoms with Gasteiger partial charge in [-0.2, -0.15) is 4.31 Å². The van der Waals surface area contributed by atoms with E-state index in [1.54, 1.807) is 36.3 Å². The molecule has 0 saturated heterocycles. The van der Waals surface area contributed by atoms with Crippen LogP contribution >= 0.6 is 11.3 Å². The van der Waals surface area contributed by atoms with Crippen molar-refractivity contribution in [2.75, 3.05) is 11.9 Å². The van der Waals surface area contributed by atoms with Crippen LogP contribution in [0, 0.1) is 29.1 Å². The van der Waals surface area contributed by atoms with Crippen molar-refractivity contribution >= 4 is 38.9 Å². The summed E-state index contributed by atoms with van der Waals surface area (Å²) in [6.07, 6.45) is 8.71. The second-order valence-electron chi connectivity index (χ2n) is 12.5. The monoisotopic (exact) mass is 599 g/mol. The third-order valence-corrected chi connectivity index (χ3v) is 11.1. The number of anilines is 1. The minimum atomic E-state index is -3.70. The number of nitrogens with zero attached hydrogens (tertiary/aromatic N) is 3. The van der Waals surface area contributed by atoms with Gasteiger partial charge >= 0.3 is 5.97 Å². The smallest absolute Gasteiger partial charge is 0.348 e. The van der Waals surface area contributed by atoms with Crippen LogP contribution in [0.15, 0.2) is 35.5 Å². The number of pyridine rings is 1. The minimum absolute atomic E-state index is 0.0210. The summed E-state index contributed by atoms with van der Waals surface area (Å²) < 4.78 is 27.8. The third-order valence-electron chi connectivity index (χ3n) is 8.19. The van der Waals surface area contributed by atoms with E-state index in [-0.39, 0.29) is 39.1 Å². The lowest BCUT2D eigenvalue weighted by atomic mass is 9.81. The minimum Gasteiger partial charge on any atom is -0.477 e. The summed E-state index contributed by atoms with van der Waals surface area (Å²) in [6, 6.07) is 4.47. The lowest BCUT2D eigenvalue weighted by Gasteiger charge is -2.41. The Bertz CT molecular complexity index is 1400. The van der Waals surface area contributed by atoms with Crippen molar-refractivity contribution in [1.29, 1.82) is 0 Å². The van der Waals surface area contributed by atoms with Crippen LogP contribution in [0.3, 0.4) is 0 Å². The standard InChI is InChI=1S/C31H41N3O5S2/c1-21-8-10-22(11-9-21)29(35)34(27-19-25(16-17-31(2,3)4)40-28(27)30(36)37)24-14-12-23(13-15-24)33(5)41(38,39)26-7-6-18-32-20-26/h6-7,18-24H,8-15H2,1-5H3,(H,36,37)/t21-,22-,23-,24-. The van der Waals surface area contributed by atoms with Gasteiger partial charge in [0, 0.05) is 42.9 Å². The summed E-state index contributed by atoms with van der Waals surface area (Å²) in [5.41, 5.74) is 0.173. The van der Waals surface area contributed by atoms with Gasteiger partial charge < -0.3 is 10.0 Å². The van der Waals surface area contributed by atoms with E-state index in [9.17, 15) is 23.1 Å². The zero-order valence-corrected chi connectivity index (χ0v) is 26.2. The molecule has 1 N–H and O–H groups in total. The van der Waals surface area contributed by atoms with E-state index in [2.05, 4.69) is 23.7 Å². The van der Waals surface area contributed by atoms with Gasteiger partial charge in [-0.3, -0.25) is 9.78 Å². The molecule has 0 unspecified atom stereocenters. The SMILES string of the molecule is CN([C@H]1CC[C@H](N(c2cc(C#CC(C)(C)C)sc2C(=O)O)C(=O)[C@H]2CC[C@H](C)CC2)CC1)S(=O)(=O)c1cccnc1. The van der Waals surface area contributed by atoms with Crippen LogP contribution in [0.2, 0.25) is 0 Å². The average molecular weight is 600 g/mol. The number of hydrogen-bond acceptors (Lipinski definition) is 6. The highest BCUT2D eigenvalue weighted by Crippen LogP contribution is 2.39. The zero-order valence-electron chi connectivity index (χ0n) is 24.6. The molecule has 1 amide bonds. The van der Waals surface area contributed by atoms with Crippen LogP contribution in [0.4, 0.5) is 5.69 Å². The Morgan fingerprint density at radius 3 is 2.24 bits per heavy atom. The van der Waals surface area contributed by atoms with Crippen molar-refractivity contribution in [2.45, 2.75) is 96.0 Å². The maximum atomic E-state index is 14.2. The number of carbonyl (C=O) groups excluding carboxylic acids is 1. The maximum absolute atomic E-state index is 14.2. The topological polar surface area (TPSA) is 108 Å². The van der Waals surface area contributed by atoms with Crippen molar-refractivity contribution in [3.05, 3.63) is 40.3 Å². The van der Waals surface area contributed by atoms with Crippen LogP contribution in [0.1, 0.15) is 93.6 Å². The fraction of sp³-hybridized carbons (Fsp3) is 0.581. The molecular formula is C31H41N3O5S2. The van der Waals surface area contributed by atoms with Crippen molar-refractivity contribution in [3.8, 4) is 11.8 Å². The maximum Gasteiger partial charge on any atom is 0.348 e. The molecule has 10 heteroatoms. The van der Waals surface area contributed by atoms with E-state index in [4.69, 9.17) is 0 Å². The summed E-state index contributed by atoms with van der Waals surface area (Å²) >= 11 is 1.11. The molecule has 0 bridgehead atoms. The number of carboxylic acid groups (broad SMARTS) is 1. The molecule has 0 aromatic carbocycles. The predicted molar refractivity (Wildman–Crippen MR) is 161 cm³/mol. The van der Waals surface area contributed by atoms with Crippen LogP contribution in [-0.4, -0.2) is 53.8 Å². The predicted octanol–water partition coefficient (Wildman–Crippen LogP) is 6.03. The summed E-state index contributed by atoms with van der Waals surface area (Å²) in [4.78, 5) is 33.2. The first-order valence-corrected chi connectivity index (χ1v) is 16.6. The molecule has 8 nitrogen and oxygen atoms in total. The number of aromatic carboxylic acids is 1. The molecule has 222 valence electrons. The highest BCUT2D eigenvalue weighted by molar-refractivity contribution is 7.89. The van der Waals surface area contributed by atoms with E-state index in [1.807, 2.05) is 20.8 Å². The number of carbonyl (C=O) groups is 2. The molecule has 0 radical (unpaired) electrons. The van der Waals surface area contributed by atoms with Gasteiger partial charge in [0.2, 0.25) is 15.9 Å². The first kappa shape index (κ1) is 31.2. The molecule has 2 saturated carbocycles. The van der Waals surface area contributed by atoms with Gasteiger partial charge in [-0.25, -0.2) is 13.2 Å². The van der Waals surface area contributed by atoms with Crippen molar-refractivity contribution in [1.82, 2.24) is 9.29 Å². The highest BCUT2D eigenvalue weighted by Gasteiger charge is 2.39. The molecule has 2 aromatic rings. The number of thiophene rings is 1. The van der Waals surface area contributed by atoms with Crippen LogP contribution < -0.4 is 4.90 Å². The van der Waals surface area contributed by atoms with Gasteiger partial charge in [-0.05, 0) is 96.3 Å². The van der Waals surface area contributed by atoms with E-state index in [0.717, 1.165) is 37.0 Å². The normalized spacial score (nSPS) is 23.5. The number of hydrogen-bond donors (Lipinski definition) is 1. The molecule has 2 fully saturated rings. The number of amides is 1. The van der Waals surface area contributed by atoms with Crippen LogP contribution in [0.25, 0.3) is 0 Å². The molecule has 2 aliphatic carbocycles. The Morgan fingerprint density at radius 1 is 1.05 bits per heavy atom. The molecule has 0 aliphatic heterocycles. The van der Waals surface area contributed by atoms with Crippen molar-refractivity contribution in [2.24, 2.45) is 17.3 Å². The Morgan fingerprint density at radius 2 is 1.68 bits per heavy atom. The van der Waals surface area contributed by atoms with Crippen molar-refractivity contribution in [3.63, 3.8) is 0 Å². The molecule has 0 atom stereocenters. The summed E-state index contributed by atoms with van der Waals surface area (Å²) in [7, 11) is -2.10. The van der Waals surface area contributed by atoms with Gasteiger partial charge in [-0.1, -0.05) is 18.8 Å². The number of aromatic nitrogens is 1. The number of rotatable bonds is 7. The molecule has 0 spiro atoms. The summed E-state index contributed by atoms with van der Waals surface area (Å²) in [5.74, 6) is 5.64. The second kappa shape index (κ2) is 12.6. The van der Waals surface area contributed by atoms with Crippen LogP contribution in [0.5, 0.6) is 0 Å². The molecule has 2 heterocycles. The van der Waals surface area contributed by atoms with Crippen molar-refractivity contribution < 1.29 is 23.1 Å². The van der Waals surface area contributed by atoms with E-state index in [0.29, 0.717) is 42.2 Å². The third kappa shape index (κ3) is 7.37. The van der Waals surface area contributed by atoms with Gasteiger partial charge in [0.05, 0.1) is 10.6 Å². The Labute approximate surface area is 248 Å². The lowest BCUT2D eigenvalue weighted by Crippen LogP contribution is -2.49. The Hall–Kier alpha value is -2.74. The molecule has 2 aromatic heterocycles. The lowest BCUT2D eigenvalue weighted by molar-refractivity contribution is -0.124. The Balaban J connectivity index is 1.63. The fourth-order valence-electron chi connectivity index (χ4n) is 5.77. The fourth-order valence-corrected chi connectivity index (χ4v) is 7.99. The van der Waals surface area contributed by atoms with Crippen LogP contribution in [-0.2, 0) is 14.8 Å². The Kier molecular flexibility index (Phi) is 9.62. The van der Waals surface area contributed by atoms with Gasteiger partial charge in [0.1, 0.15) is 9.77 Å². The highest BCUT2D eigenvalue weighted by atomic mass is 32.2. The average Bonchev–Trinajstić information content (AvgIpc) is 3.37. The zero-order chi connectivity index (χ0) is 29.9. The van der Waals surface area contributed by atoms with Gasteiger partial charge in [0.25, 0.3) is 0 Å². The quantitative estimate of drug-likeness (QED) is 0.390. The molecule has 41 heavy (non-hydrogen) atoms. The number of carboxylic acids is 1. The summed E-state index contributed by atoms with van der Waals surface area (Å²) in [5, 5.41) is 10.1. The van der Waals surface area contributed by atoms with E-state index in [1.165, 1.54) is 10.5 Å². The van der Waals surface area contributed by atoms with E-state index >= 15 is 0 Å². The molecule has 4 rings (SSSR count). The van der Waals surface area contributed by atoms with E-state index < -0.39 is 16.0 Å². The molecule has 2 aliphatic rings. The summed E-state index contributed by atoms with van der Waals surface area (Å²) in [6.45, 7) is 8.20. The largest absolute Gasteiger partial charge is 0.477 e. The number of sulfonamides is 1. The first-order valence-electron chi connectivity index (χ1n) is 14.4.